The van der Waals surface area contributed by atoms with E-state index in [0.717, 1.165) is 0 Å². The van der Waals surface area contributed by atoms with Crippen molar-refractivity contribution in [2.75, 3.05) is 0 Å². The van der Waals surface area contributed by atoms with Gasteiger partial charge in [-0.05, 0) is 22.6 Å². The maximum Gasteiger partial charge on any atom is 0.573 e. The van der Waals surface area contributed by atoms with Crippen LogP contribution >= 0.6 is 22.6 Å². The lowest BCUT2D eigenvalue weighted by Crippen LogP contribution is -2.19. The maximum atomic E-state index is 12.3. The van der Waals surface area contributed by atoms with Gasteiger partial charge in [-0.1, -0.05) is 0 Å². The van der Waals surface area contributed by atoms with E-state index in [4.69, 9.17) is 0 Å². The van der Waals surface area contributed by atoms with E-state index in [1.54, 1.807) is 0 Å². The molecule has 0 bridgehead atoms. The Hall–Kier alpha value is -1.00. The Kier molecular flexibility index (Phi) is 4.22. The number of aldehydes is 1. The molecule has 0 aliphatic heterocycles. The monoisotopic (exact) mass is 367 g/mol. The molecule has 0 amide bonds. The highest BCUT2D eigenvalue weighted by Gasteiger charge is 2.33. The van der Waals surface area contributed by atoms with Gasteiger partial charge in [-0.25, -0.2) is 13.8 Å². The molecule has 0 aliphatic rings. The van der Waals surface area contributed by atoms with Crippen molar-refractivity contribution < 1.29 is 31.5 Å². The molecule has 3 nitrogen and oxygen atoms in total. The van der Waals surface area contributed by atoms with Crippen molar-refractivity contribution in [3.05, 3.63) is 21.0 Å². The van der Waals surface area contributed by atoms with Crippen LogP contribution in [-0.2, 0) is 0 Å². The number of halogens is 6. The third-order valence-corrected chi connectivity index (χ3v) is 2.61. The average molecular weight is 367 g/mol. The minimum atomic E-state index is -5.03. The molecule has 1 heterocycles. The van der Waals surface area contributed by atoms with Gasteiger partial charge in [0.25, 0.3) is 6.43 Å². The van der Waals surface area contributed by atoms with Gasteiger partial charge in [-0.3, -0.25) is 4.79 Å². The van der Waals surface area contributed by atoms with Crippen LogP contribution in [0.25, 0.3) is 0 Å². The van der Waals surface area contributed by atoms with E-state index in [2.05, 4.69) is 9.72 Å². The number of pyridine rings is 1. The number of carbonyl (C=O) groups excluding carboxylic acids is 1. The molecule has 0 radical (unpaired) electrons. The number of rotatable bonds is 3. The fourth-order valence-corrected chi connectivity index (χ4v) is 1.45. The van der Waals surface area contributed by atoms with Crippen LogP contribution in [0.4, 0.5) is 22.0 Å². The molecule has 0 atom stereocenters. The Morgan fingerprint density at radius 2 is 2.00 bits per heavy atom. The van der Waals surface area contributed by atoms with E-state index in [1.165, 1.54) is 22.6 Å². The van der Waals surface area contributed by atoms with Gasteiger partial charge in [0.15, 0.2) is 6.29 Å². The first-order chi connectivity index (χ1) is 7.74. The van der Waals surface area contributed by atoms with E-state index in [1.807, 2.05) is 0 Å². The van der Waals surface area contributed by atoms with Crippen molar-refractivity contribution in [1.82, 2.24) is 4.98 Å². The Balaban J connectivity index is 3.27. The van der Waals surface area contributed by atoms with Gasteiger partial charge in [0, 0.05) is 6.07 Å². The maximum absolute atomic E-state index is 12.3. The second-order valence-electron chi connectivity index (χ2n) is 2.71. The molecule has 1 aromatic rings. The minimum absolute atomic E-state index is 0.0802. The van der Waals surface area contributed by atoms with Crippen molar-refractivity contribution >= 4 is 28.9 Å². The second kappa shape index (κ2) is 5.10. The molecule has 0 aliphatic carbocycles. The summed E-state index contributed by atoms with van der Waals surface area (Å²) in [5, 5.41) is 0. The van der Waals surface area contributed by atoms with Gasteiger partial charge >= 0.3 is 6.36 Å². The van der Waals surface area contributed by atoms with Crippen LogP contribution in [0, 0.1) is 3.57 Å². The lowest BCUT2D eigenvalue weighted by Gasteiger charge is -2.12. The van der Waals surface area contributed by atoms with Crippen LogP contribution in [0.5, 0.6) is 5.75 Å². The Morgan fingerprint density at radius 1 is 1.41 bits per heavy atom. The number of ether oxygens (including phenoxy) is 1. The molecule has 1 aromatic heterocycles. The summed E-state index contributed by atoms with van der Waals surface area (Å²) in [6, 6.07) is 0.451. The SMILES string of the molecule is O=Cc1nc(C(F)F)cc(OC(F)(F)F)c1I. The largest absolute Gasteiger partial charge is 0.573 e. The molecule has 0 saturated heterocycles. The standard InChI is InChI=1S/C8H3F5INO2/c9-7(10)3-1-5(17-8(11,12)13)6(14)4(2-16)15-3/h1-2,7H. The minimum Gasteiger partial charge on any atom is -0.404 e. The van der Waals surface area contributed by atoms with Gasteiger partial charge in [0.2, 0.25) is 0 Å². The molecule has 17 heavy (non-hydrogen) atoms. The zero-order chi connectivity index (χ0) is 13.2. The number of hydrogen-bond donors (Lipinski definition) is 0. The average Bonchev–Trinajstić information content (AvgIpc) is 2.18. The van der Waals surface area contributed by atoms with Crippen LogP contribution in [-0.4, -0.2) is 17.6 Å². The van der Waals surface area contributed by atoms with Gasteiger partial charge in [0.05, 0.1) is 3.57 Å². The first kappa shape index (κ1) is 14.1. The molecule has 0 N–H and O–H groups in total. The lowest BCUT2D eigenvalue weighted by atomic mass is 10.3. The van der Waals surface area contributed by atoms with Crippen molar-refractivity contribution in [3.63, 3.8) is 0 Å². The summed E-state index contributed by atoms with van der Waals surface area (Å²) in [5.74, 6) is -0.870. The normalized spacial score (nSPS) is 11.7. The molecular weight excluding hydrogens is 364 g/mol. The zero-order valence-electron chi connectivity index (χ0n) is 7.76. The number of carbonyl (C=O) groups is 1. The predicted octanol–water partition coefficient (Wildman–Crippen LogP) is 3.33. The molecule has 1 rings (SSSR count). The first-order valence-corrected chi connectivity index (χ1v) is 5.02. The second-order valence-corrected chi connectivity index (χ2v) is 3.79. The van der Waals surface area contributed by atoms with Crippen LogP contribution in [0.3, 0.4) is 0 Å². The fraction of sp³-hybridized carbons (Fsp3) is 0.250. The van der Waals surface area contributed by atoms with Crippen LogP contribution in [0.2, 0.25) is 0 Å². The summed E-state index contributed by atoms with van der Waals surface area (Å²) in [4.78, 5) is 13.7. The number of hydrogen-bond acceptors (Lipinski definition) is 3. The summed E-state index contributed by atoms with van der Waals surface area (Å²) in [5.41, 5.74) is -1.48. The number of nitrogens with zero attached hydrogens (tertiary/aromatic N) is 1. The van der Waals surface area contributed by atoms with Crippen molar-refractivity contribution in [3.8, 4) is 5.75 Å². The lowest BCUT2D eigenvalue weighted by molar-refractivity contribution is -0.275. The predicted molar refractivity (Wildman–Crippen MR) is 54.0 cm³/mol. The Morgan fingerprint density at radius 3 is 2.41 bits per heavy atom. The van der Waals surface area contributed by atoms with E-state index in [0.29, 0.717) is 6.07 Å². The fourth-order valence-electron chi connectivity index (χ4n) is 0.933. The first-order valence-electron chi connectivity index (χ1n) is 3.94. The molecule has 0 saturated carbocycles. The smallest absolute Gasteiger partial charge is 0.404 e. The molecule has 94 valence electrons. The summed E-state index contributed by atoms with van der Waals surface area (Å²) < 4.78 is 63.8. The number of aromatic nitrogens is 1. The topological polar surface area (TPSA) is 39.2 Å². The van der Waals surface area contributed by atoms with Crippen molar-refractivity contribution in [1.29, 1.82) is 0 Å². The van der Waals surface area contributed by atoms with E-state index in [9.17, 15) is 26.7 Å². The van der Waals surface area contributed by atoms with Gasteiger partial charge in [0.1, 0.15) is 17.1 Å². The summed E-state index contributed by atoms with van der Waals surface area (Å²) in [6.45, 7) is 0. The van der Waals surface area contributed by atoms with E-state index in [-0.39, 0.29) is 9.86 Å². The van der Waals surface area contributed by atoms with Crippen molar-refractivity contribution in [2.45, 2.75) is 12.8 Å². The summed E-state index contributed by atoms with van der Waals surface area (Å²) >= 11 is 1.36. The van der Waals surface area contributed by atoms with Crippen LogP contribution in [0.15, 0.2) is 6.07 Å². The highest BCUT2D eigenvalue weighted by atomic mass is 127. The van der Waals surface area contributed by atoms with E-state index >= 15 is 0 Å². The highest BCUT2D eigenvalue weighted by Crippen LogP contribution is 2.31. The van der Waals surface area contributed by atoms with E-state index < -0.39 is 29.9 Å². The molecule has 0 unspecified atom stereocenters. The van der Waals surface area contributed by atoms with Crippen LogP contribution in [0.1, 0.15) is 22.6 Å². The summed E-state index contributed by atoms with van der Waals surface area (Å²) in [6.07, 6.45) is -8.04. The molecular formula is C8H3F5INO2. The molecule has 0 spiro atoms. The zero-order valence-corrected chi connectivity index (χ0v) is 9.92. The third kappa shape index (κ3) is 3.75. The summed E-state index contributed by atoms with van der Waals surface area (Å²) in [7, 11) is 0. The van der Waals surface area contributed by atoms with Gasteiger partial charge in [-0.15, -0.1) is 13.2 Å². The Bertz CT molecular complexity index is 435. The number of alkyl halides is 5. The highest BCUT2D eigenvalue weighted by molar-refractivity contribution is 14.1. The molecule has 0 aromatic carbocycles. The molecule has 0 fully saturated rings. The third-order valence-electron chi connectivity index (χ3n) is 1.53. The quantitative estimate of drug-likeness (QED) is 0.468. The van der Waals surface area contributed by atoms with Gasteiger partial charge < -0.3 is 4.74 Å². The molecule has 9 heteroatoms. The Labute approximate surface area is 105 Å². The van der Waals surface area contributed by atoms with Crippen molar-refractivity contribution in [2.24, 2.45) is 0 Å². The van der Waals surface area contributed by atoms with Crippen LogP contribution < -0.4 is 4.74 Å². The van der Waals surface area contributed by atoms with Gasteiger partial charge in [-0.2, -0.15) is 0 Å².